The zero-order valence-corrected chi connectivity index (χ0v) is 9.79. The number of piperidine rings is 1. The molecular weight excluding hydrogens is 226 g/mol. The van der Waals surface area contributed by atoms with Gasteiger partial charge in [0.2, 0.25) is 11.8 Å². The van der Waals surface area contributed by atoms with Crippen LogP contribution in [0.4, 0.5) is 0 Å². The van der Waals surface area contributed by atoms with E-state index >= 15 is 0 Å². The highest BCUT2D eigenvalue weighted by Gasteiger charge is 2.32. The van der Waals surface area contributed by atoms with Gasteiger partial charge in [0.25, 0.3) is 0 Å². The van der Waals surface area contributed by atoms with Gasteiger partial charge in [-0.2, -0.15) is 0 Å². The summed E-state index contributed by atoms with van der Waals surface area (Å²) in [6, 6.07) is -0.543. The van der Waals surface area contributed by atoms with Crippen LogP contribution in [-0.2, 0) is 16.1 Å². The third-order valence-electron chi connectivity index (χ3n) is 2.51. The molecule has 0 aliphatic carbocycles. The molecule has 1 aliphatic heterocycles. The van der Waals surface area contributed by atoms with E-state index in [0.717, 1.165) is 10.7 Å². The number of aryl methyl sites for hydroxylation is 1. The predicted octanol–water partition coefficient (Wildman–Crippen LogP) is 0.428. The van der Waals surface area contributed by atoms with Crippen molar-refractivity contribution < 1.29 is 9.59 Å². The van der Waals surface area contributed by atoms with Crippen molar-refractivity contribution in [2.24, 2.45) is 5.73 Å². The molecule has 0 radical (unpaired) electrons. The molecule has 0 unspecified atom stereocenters. The summed E-state index contributed by atoms with van der Waals surface area (Å²) in [4.78, 5) is 28.7. The van der Waals surface area contributed by atoms with Crippen LogP contribution in [0.5, 0.6) is 0 Å². The van der Waals surface area contributed by atoms with Crippen LogP contribution in [0.3, 0.4) is 0 Å². The van der Waals surface area contributed by atoms with Crippen molar-refractivity contribution >= 4 is 23.2 Å². The van der Waals surface area contributed by atoms with E-state index in [-0.39, 0.29) is 18.4 Å². The van der Waals surface area contributed by atoms with Crippen LogP contribution in [0, 0.1) is 6.92 Å². The normalized spacial score (nSPS) is 21.6. The molecule has 0 spiro atoms. The number of nitrogens with two attached hydrogens (primary N) is 1. The predicted molar refractivity (Wildman–Crippen MR) is 59.6 cm³/mol. The standard InChI is InChI=1S/C10H13N3O2S/c1-6-5-16-8(12-6)4-13-9(14)3-2-7(11)10(13)15/h5,7H,2-4,11H2,1H3/t7-/m0/s1. The summed E-state index contributed by atoms with van der Waals surface area (Å²) in [5, 5.41) is 2.67. The highest BCUT2D eigenvalue weighted by atomic mass is 32.1. The van der Waals surface area contributed by atoms with E-state index in [2.05, 4.69) is 4.98 Å². The number of rotatable bonds is 2. The van der Waals surface area contributed by atoms with Crippen molar-refractivity contribution in [3.8, 4) is 0 Å². The monoisotopic (exact) mass is 239 g/mol. The van der Waals surface area contributed by atoms with Gasteiger partial charge in [-0.15, -0.1) is 11.3 Å². The van der Waals surface area contributed by atoms with Crippen molar-refractivity contribution in [1.29, 1.82) is 0 Å². The Hall–Kier alpha value is -1.27. The third kappa shape index (κ3) is 2.12. The number of carbonyl (C=O) groups is 2. The first-order valence-corrected chi connectivity index (χ1v) is 5.96. The highest BCUT2D eigenvalue weighted by Crippen LogP contribution is 2.17. The number of hydrogen-bond acceptors (Lipinski definition) is 5. The van der Waals surface area contributed by atoms with Crippen LogP contribution < -0.4 is 5.73 Å². The van der Waals surface area contributed by atoms with Crippen molar-refractivity contribution in [3.63, 3.8) is 0 Å². The molecule has 1 saturated heterocycles. The molecule has 1 aliphatic rings. The van der Waals surface area contributed by atoms with Gasteiger partial charge >= 0.3 is 0 Å². The maximum absolute atomic E-state index is 11.7. The number of aromatic nitrogens is 1. The number of hydrogen-bond donors (Lipinski definition) is 1. The summed E-state index contributed by atoms with van der Waals surface area (Å²) < 4.78 is 0. The lowest BCUT2D eigenvalue weighted by atomic mass is 10.1. The van der Waals surface area contributed by atoms with Gasteiger partial charge in [0.1, 0.15) is 5.01 Å². The van der Waals surface area contributed by atoms with Crippen molar-refractivity contribution in [2.45, 2.75) is 32.4 Å². The molecule has 1 atom stereocenters. The fraction of sp³-hybridized carbons (Fsp3) is 0.500. The maximum Gasteiger partial charge on any atom is 0.246 e. The molecular formula is C10H13N3O2S. The Balaban J connectivity index is 2.13. The molecule has 2 N–H and O–H groups in total. The maximum atomic E-state index is 11.7. The zero-order valence-electron chi connectivity index (χ0n) is 8.97. The average Bonchev–Trinajstić information content (AvgIpc) is 2.65. The summed E-state index contributed by atoms with van der Waals surface area (Å²) in [7, 11) is 0. The van der Waals surface area contributed by atoms with Crippen LogP contribution in [0.25, 0.3) is 0 Å². The summed E-state index contributed by atoms with van der Waals surface area (Å²) >= 11 is 1.45. The van der Waals surface area contributed by atoms with E-state index in [1.54, 1.807) is 0 Å². The van der Waals surface area contributed by atoms with Gasteiger partial charge in [0.15, 0.2) is 0 Å². The second-order valence-electron chi connectivity index (χ2n) is 3.85. The van der Waals surface area contributed by atoms with Crippen LogP contribution >= 0.6 is 11.3 Å². The first kappa shape index (κ1) is 11.2. The topological polar surface area (TPSA) is 76.3 Å². The molecule has 1 aromatic heterocycles. The van der Waals surface area contributed by atoms with Crippen LogP contribution in [0.2, 0.25) is 0 Å². The quantitative estimate of drug-likeness (QED) is 0.759. The zero-order chi connectivity index (χ0) is 11.7. The van der Waals surface area contributed by atoms with E-state index in [0.29, 0.717) is 12.8 Å². The van der Waals surface area contributed by atoms with Crippen molar-refractivity contribution in [3.05, 3.63) is 16.1 Å². The SMILES string of the molecule is Cc1csc(CN2C(=O)CC[C@H](N)C2=O)n1. The fourth-order valence-corrected chi connectivity index (χ4v) is 2.40. The Kier molecular flexibility index (Phi) is 3.02. The van der Waals surface area contributed by atoms with E-state index in [4.69, 9.17) is 5.73 Å². The smallest absolute Gasteiger partial charge is 0.246 e. The molecule has 2 heterocycles. The molecule has 1 aromatic rings. The summed E-state index contributed by atoms with van der Waals surface area (Å²) in [5.74, 6) is -0.441. The Morgan fingerprint density at radius 1 is 1.62 bits per heavy atom. The van der Waals surface area contributed by atoms with Gasteiger partial charge in [-0.25, -0.2) is 4.98 Å². The molecule has 16 heavy (non-hydrogen) atoms. The van der Waals surface area contributed by atoms with E-state index < -0.39 is 6.04 Å². The number of nitrogens with zero attached hydrogens (tertiary/aromatic N) is 2. The van der Waals surface area contributed by atoms with Gasteiger partial charge < -0.3 is 5.73 Å². The molecule has 2 rings (SSSR count). The minimum atomic E-state index is -0.543. The van der Waals surface area contributed by atoms with Crippen molar-refractivity contribution in [2.75, 3.05) is 0 Å². The second kappa shape index (κ2) is 4.31. The molecule has 2 amide bonds. The molecule has 0 aromatic carbocycles. The Bertz CT molecular complexity index is 429. The Morgan fingerprint density at radius 2 is 2.38 bits per heavy atom. The van der Waals surface area contributed by atoms with E-state index in [1.165, 1.54) is 16.2 Å². The largest absolute Gasteiger partial charge is 0.320 e. The lowest BCUT2D eigenvalue weighted by Gasteiger charge is -2.27. The Labute approximate surface area is 97.3 Å². The fourth-order valence-electron chi connectivity index (χ4n) is 1.64. The number of imide groups is 1. The van der Waals surface area contributed by atoms with E-state index in [9.17, 15) is 9.59 Å². The summed E-state index contributed by atoms with van der Waals surface area (Å²) in [5.41, 5.74) is 6.53. The van der Waals surface area contributed by atoms with E-state index in [1.807, 2.05) is 12.3 Å². The number of likely N-dealkylation sites (tertiary alicyclic amines) is 1. The molecule has 1 fully saturated rings. The number of amides is 2. The molecule has 0 saturated carbocycles. The minimum absolute atomic E-state index is 0.153. The highest BCUT2D eigenvalue weighted by molar-refractivity contribution is 7.09. The molecule has 0 bridgehead atoms. The molecule has 86 valence electrons. The van der Waals surface area contributed by atoms with Crippen LogP contribution in [0.1, 0.15) is 23.5 Å². The van der Waals surface area contributed by atoms with Gasteiger partial charge in [0.05, 0.1) is 12.6 Å². The van der Waals surface area contributed by atoms with Crippen LogP contribution in [0.15, 0.2) is 5.38 Å². The Morgan fingerprint density at radius 3 is 3.00 bits per heavy atom. The molecule has 6 heteroatoms. The summed E-state index contributed by atoms with van der Waals surface area (Å²) in [6.07, 6.45) is 0.794. The summed E-state index contributed by atoms with van der Waals surface area (Å²) in [6.45, 7) is 2.13. The first-order chi connectivity index (χ1) is 7.58. The average molecular weight is 239 g/mol. The third-order valence-corrected chi connectivity index (χ3v) is 3.46. The van der Waals surface area contributed by atoms with Crippen molar-refractivity contribution in [1.82, 2.24) is 9.88 Å². The van der Waals surface area contributed by atoms with Gasteiger partial charge in [-0.3, -0.25) is 14.5 Å². The number of thiazole rings is 1. The lowest BCUT2D eigenvalue weighted by molar-refractivity contribution is -0.149. The minimum Gasteiger partial charge on any atom is -0.320 e. The first-order valence-electron chi connectivity index (χ1n) is 5.08. The van der Waals surface area contributed by atoms with Crippen LogP contribution in [-0.4, -0.2) is 27.7 Å². The van der Waals surface area contributed by atoms with Gasteiger partial charge in [-0.1, -0.05) is 0 Å². The molecule has 5 nitrogen and oxygen atoms in total. The van der Waals surface area contributed by atoms with Gasteiger partial charge in [0, 0.05) is 17.5 Å². The van der Waals surface area contributed by atoms with Gasteiger partial charge in [-0.05, 0) is 13.3 Å². The number of carbonyl (C=O) groups excluding carboxylic acids is 2. The lowest BCUT2D eigenvalue weighted by Crippen LogP contribution is -2.50. The second-order valence-corrected chi connectivity index (χ2v) is 4.79.